The highest BCUT2D eigenvalue weighted by Gasteiger charge is 2.04. The minimum Gasteiger partial charge on any atom is -0.330 e. The van der Waals surface area contributed by atoms with Crippen LogP contribution < -0.4 is 5.73 Å². The standard InChI is InChI=1S/C14H24N2S/c1-12(10-15)8-9-16(2)11-13-4-6-14(17-3)7-5-13/h4-7,12H,8-11,15H2,1-3H3. The van der Waals surface area contributed by atoms with Gasteiger partial charge in [-0.25, -0.2) is 0 Å². The van der Waals surface area contributed by atoms with Gasteiger partial charge in [0.05, 0.1) is 0 Å². The Morgan fingerprint density at radius 2 is 1.94 bits per heavy atom. The second-order valence-corrected chi connectivity index (χ2v) is 5.60. The molecule has 0 aliphatic heterocycles. The Bertz CT molecular complexity index is 311. The monoisotopic (exact) mass is 252 g/mol. The maximum atomic E-state index is 5.62. The van der Waals surface area contributed by atoms with Crippen molar-refractivity contribution in [2.24, 2.45) is 11.7 Å². The molecule has 0 saturated carbocycles. The van der Waals surface area contributed by atoms with E-state index in [1.54, 1.807) is 11.8 Å². The van der Waals surface area contributed by atoms with E-state index in [0.717, 1.165) is 19.6 Å². The lowest BCUT2D eigenvalue weighted by Gasteiger charge is -2.18. The molecule has 0 radical (unpaired) electrons. The molecule has 1 unspecified atom stereocenters. The average Bonchev–Trinajstić information content (AvgIpc) is 2.36. The van der Waals surface area contributed by atoms with E-state index in [0.29, 0.717) is 5.92 Å². The lowest BCUT2D eigenvalue weighted by Crippen LogP contribution is -2.23. The van der Waals surface area contributed by atoms with Gasteiger partial charge in [-0.05, 0) is 56.4 Å². The highest BCUT2D eigenvalue weighted by atomic mass is 32.2. The molecule has 1 rings (SSSR count). The molecule has 0 bridgehead atoms. The zero-order valence-corrected chi connectivity index (χ0v) is 12.0. The number of thioether (sulfide) groups is 1. The van der Waals surface area contributed by atoms with E-state index in [9.17, 15) is 0 Å². The summed E-state index contributed by atoms with van der Waals surface area (Å²) in [5, 5.41) is 0. The highest BCUT2D eigenvalue weighted by Crippen LogP contribution is 2.15. The lowest BCUT2D eigenvalue weighted by atomic mass is 10.1. The quantitative estimate of drug-likeness (QED) is 0.757. The van der Waals surface area contributed by atoms with E-state index in [4.69, 9.17) is 5.73 Å². The van der Waals surface area contributed by atoms with E-state index in [-0.39, 0.29) is 0 Å². The molecule has 0 aromatic heterocycles. The van der Waals surface area contributed by atoms with Gasteiger partial charge in [-0.2, -0.15) is 0 Å². The van der Waals surface area contributed by atoms with Crippen LogP contribution in [0.5, 0.6) is 0 Å². The Kier molecular flexibility index (Phi) is 6.63. The molecule has 1 aromatic rings. The van der Waals surface area contributed by atoms with Gasteiger partial charge in [-0.15, -0.1) is 11.8 Å². The summed E-state index contributed by atoms with van der Waals surface area (Å²) in [6.07, 6.45) is 3.28. The summed E-state index contributed by atoms with van der Waals surface area (Å²) >= 11 is 1.79. The molecule has 3 heteroatoms. The van der Waals surface area contributed by atoms with Crippen molar-refractivity contribution in [3.05, 3.63) is 29.8 Å². The second-order valence-electron chi connectivity index (χ2n) is 4.72. The van der Waals surface area contributed by atoms with Gasteiger partial charge in [-0.1, -0.05) is 19.1 Å². The van der Waals surface area contributed by atoms with Crippen LogP contribution in [0.15, 0.2) is 29.2 Å². The first-order valence-electron chi connectivity index (χ1n) is 6.17. The molecule has 0 saturated heterocycles. The Morgan fingerprint density at radius 1 is 1.29 bits per heavy atom. The first-order valence-corrected chi connectivity index (χ1v) is 7.39. The molecule has 0 aliphatic rings. The molecule has 2 nitrogen and oxygen atoms in total. The van der Waals surface area contributed by atoms with Crippen molar-refractivity contribution in [3.63, 3.8) is 0 Å². The Labute approximate surface area is 110 Å². The van der Waals surface area contributed by atoms with Crippen molar-refractivity contribution >= 4 is 11.8 Å². The number of hydrogen-bond acceptors (Lipinski definition) is 3. The van der Waals surface area contributed by atoms with Crippen LogP contribution in [-0.4, -0.2) is 31.3 Å². The van der Waals surface area contributed by atoms with Crippen LogP contribution in [0.4, 0.5) is 0 Å². The maximum absolute atomic E-state index is 5.62. The van der Waals surface area contributed by atoms with Gasteiger partial charge in [0.25, 0.3) is 0 Å². The maximum Gasteiger partial charge on any atom is 0.0230 e. The van der Waals surface area contributed by atoms with Crippen molar-refractivity contribution in [2.45, 2.75) is 24.8 Å². The zero-order chi connectivity index (χ0) is 12.7. The predicted molar refractivity (Wildman–Crippen MR) is 77.4 cm³/mol. The van der Waals surface area contributed by atoms with Crippen molar-refractivity contribution in [1.82, 2.24) is 4.90 Å². The third-order valence-electron chi connectivity index (χ3n) is 3.02. The molecule has 1 atom stereocenters. The number of nitrogens with two attached hydrogens (primary N) is 1. The van der Waals surface area contributed by atoms with Crippen LogP contribution in [0.3, 0.4) is 0 Å². The molecule has 0 spiro atoms. The normalized spacial score (nSPS) is 13.0. The van der Waals surface area contributed by atoms with Gasteiger partial charge in [0, 0.05) is 11.4 Å². The minimum atomic E-state index is 0.622. The van der Waals surface area contributed by atoms with E-state index in [1.165, 1.54) is 16.9 Å². The van der Waals surface area contributed by atoms with Crippen molar-refractivity contribution in [1.29, 1.82) is 0 Å². The van der Waals surface area contributed by atoms with Crippen molar-refractivity contribution < 1.29 is 0 Å². The third kappa shape index (κ3) is 5.57. The fourth-order valence-corrected chi connectivity index (χ4v) is 2.09. The molecule has 0 heterocycles. The molecule has 0 aliphatic carbocycles. The summed E-state index contributed by atoms with van der Waals surface area (Å²) in [6.45, 7) is 5.13. The fourth-order valence-electron chi connectivity index (χ4n) is 1.68. The Morgan fingerprint density at radius 3 is 2.47 bits per heavy atom. The van der Waals surface area contributed by atoms with Crippen LogP contribution in [0, 0.1) is 5.92 Å². The smallest absolute Gasteiger partial charge is 0.0230 e. The lowest BCUT2D eigenvalue weighted by molar-refractivity contribution is 0.300. The summed E-state index contributed by atoms with van der Waals surface area (Å²) in [5.74, 6) is 0.622. The van der Waals surface area contributed by atoms with Crippen LogP contribution in [0.25, 0.3) is 0 Å². The van der Waals surface area contributed by atoms with Gasteiger partial charge >= 0.3 is 0 Å². The summed E-state index contributed by atoms with van der Waals surface area (Å²) in [6, 6.07) is 8.82. The molecule has 96 valence electrons. The number of rotatable bonds is 7. The Balaban J connectivity index is 2.36. The van der Waals surface area contributed by atoms with Gasteiger partial charge < -0.3 is 10.6 Å². The summed E-state index contributed by atoms with van der Waals surface area (Å²) in [5.41, 5.74) is 7.00. The topological polar surface area (TPSA) is 29.3 Å². The molecular formula is C14H24N2S. The molecule has 17 heavy (non-hydrogen) atoms. The highest BCUT2D eigenvalue weighted by molar-refractivity contribution is 7.98. The molecule has 1 aromatic carbocycles. The third-order valence-corrected chi connectivity index (χ3v) is 3.76. The summed E-state index contributed by atoms with van der Waals surface area (Å²) in [7, 11) is 2.17. The number of hydrogen-bond donors (Lipinski definition) is 1. The summed E-state index contributed by atoms with van der Waals surface area (Å²) in [4.78, 5) is 3.69. The van der Waals surface area contributed by atoms with E-state index < -0.39 is 0 Å². The summed E-state index contributed by atoms with van der Waals surface area (Å²) < 4.78 is 0. The molecular weight excluding hydrogens is 228 g/mol. The first-order chi connectivity index (χ1) is 8.15. The minimum absolute atomic E-state index is 0.622. The molecule has 0 amide bonds. The van der Waals surface area contributed by atoms with Crippen LogP contribution in [0.1, 0.15) is 18.9 Å². The largest absolute Gasteiger partial charge is 0.330 e. The first kappa shape index (κ1) is 14.6. The van der Waals surface area contributed by atoms with Gasteiger partial charge in [0.2, 0.25) is 0 Å². The van der Waals surface area contributed by atoms with Crippen LogP contribution in [0.2, 0.25) is 0 Å². The van der Waals surface area contributed by atoms with Gasteiger partial charge in [-0.3, -0.25) is 0 Å². The molecule has 0 fully saturated rings. The SMILES string of the molecule is CSc1ccc(CN(C)CCC(C)CN)cc1. The van der Waals surface area contributed by atoms with E-state index in [2.05, 4.69) is 49.4 Å². The second kappa shape index (κ2) is 7.75. The zero-order valence-electron chi connectivity index (χ0n) is 11.1. The van der Waals surface area contributed by atoms with Crippen LogP contribution >= 0.6 is 11.8 Å². The fraction of sp³-hybridized carbons (Fsp3) is 0.571. The van der Waals surface area contributed by atoms with Gasteiger partial charge in [0.1, 0.15) is 0 Å². The Hall–Kier alpha value is -0.510. The van der Waals surface area contributed by atoms with Gasteiger partial charge in [0.15, 0.2) is 0 Å². The van der Waals surface area contributed by atoms with E-state index in [1.807, 2.05) is 0 Å². The molecule has 2 N–H and O–H groups in total. The van der Waals surface area contributed by atoms with Crippen LogP contribution in [-0.2, 0) is 6.54 Å². The van der Waals surface area contributed by atoms with Crippen molar-refractivity contribution in [2.75, 3.05) is 26.4 Å². The average molecular weight is 252 g/mol. The number of nitrogens with zero attached hydrogens (tertiary/aromatic N) is 1. The van der Waals surface area contributed by atoms with E-state index >= 15 is 0 Å². The van der Waals surface area contributed by atoms with Crippen molar-refractivity contribution in [3.8, 4) is 0 Å². The predicted octanol–water partition coefficient (Wildman–Crippen LogP) is 2.83. The number of benzene rings is 1.